The Bertz CT molecular complexity index is 464. The largest absolute Gasteiger partial charge is 0.383 e. The molecule has 0 aromatic heterocycles. The topological polar surface area (TPSA) is 53.3 Å². The molecule has 0 aliphatic rings. The van der Waals surface area contributed by atoms with Crippen molar-refractivity contribution in [1.82, 2.24) is 0 Å². The highest BCUT2D eigenvalue weighted by Gasteiger charge is 2.13. The molecule has 0 radical (unpaired) electrons. The molecule has 0 atom stereocenters. The molecule has 0 aliphatic carbocycles. The average Bonchev–Trinajstić information content (AvgIpc) is 2.42. The fraction of sp³-hybridized carbons (Fsp3) is 0.467. The van der Waals surface area contributed by atoms with Crippen molar-refractivity contribution in [2.75, 3.05) is 31.7 Å². The number of hydrogen-bond donors (Lipinski definition) is 0. The van der Waals surface area contributed by atoms with E-state index in [9.17, 15) is 10.1 Å². The van der Waals surface area contributed by atoms with Crippen LogP contribution in [0.25, 0.3) is 0 Å². The summed E-state index contributed by atoms with van der Waals surface area (Å²) in [6.45, 7) is 6.44. The number of benzene rings is 1. The van der Waals surface area contributed by atoms with Crippen LogP contribution in [0.4, 0.5) is 5.69 Å². The molecule has 4 nitrogen and oxygen atoms in total. The van der Waals surface area contributed by atoms with Crippen LogP contribution < -0.4 is 4.90 Å². The second kappa shape index (κ2) is 7.55. The highest BCUT2D eigenvalue weighted by atomic mass is 16.5. The number of carbonyl (C=O) groups is 1. The third kappa shape index (κ3) is 4.38. The maximum absolute atomic E-state index is 10.8. The van der Waals surface area contributed by atoms with Gasteiger partial charge in [0.1, 0.15) is 12.4 Å². The molecule has 0 heterocycles. The van der Waals surface area contributed by atoms with Crippen molar-refractivity contribution in [3.8, 4) is 6.07 Å². The lowest BCUT2D eigenvalue weighted by molar-refractivity contribution is 0.112. The number of carbonyl (C=O) groups excluding carboxylic acids is 1. The first-order valence-electron chi connectivity index (χ1n) is 6.35. The molecule has 1 rings (SSSR count). The van der Waals surface area contributed by atoms with Gasteiger partial charge >= 0.3 is 0 Å². The third-order valence-corrected chi connectivity index (χ3v) is 2.77. The molecule has 0 fully saturated rings. The van der Waals surface area contributed by atoms with E-state index in [-0.39, 0.29) is 0 Å². The highest BCUT2D eigenvalue weighted by Crippen LogP contribution is 2.22. The molecule has 19 heavy (non-hydrogen) atoms. The van der Waals surface area contributed by atoms with Gasteiger partial charge in [0.15, 0.2) is 0 Å². The standard InChI is InChI=1S/C15H20N2O2/c1-12(2)10-17(6-7-19-3)15-5-4-13(11-18)8-14(15)9-16/h4-5,8,11-12H,6-7,10H2,1-3H3. The van der Waals surface area contributed by atoms with Crippen LogP contribution in [0.2, 0.25) is 0 Å². The SMILES string of the molecule is COCCN(CC(C)C)c1ccc(C=O)cc1C#N. The van der Waals surface area contributed by atoms with Crippen molar-refractivity contribution in [2.45, 2.75) is 13.8 Å². The Morgan fingerprint density at radius 1 is 1.47 bits per heavy atom. The number of rotatable bonds is 7. The van der Waals surface area contributed by atoms with Gasteiger partial charge in [-0.2, -0.15) is 5.26 Å². The van der Waals surface area contributed by atoms with Gasteiger partial charge in [-0.3, -0.25) is 4.79 Å². The maximum Gasteiger partial charge on any atom is 0.150 e. The second-order valence-corrected chi connectivity index (χ2v) is 4.84. The number of ether oxygens (including phenoxy) is 1. The van der Waals surface area contributed by atoms with Gasteiger partial charge < -0.3 is 9.64 Å². The smallest absolute Gasteiger partial charge is 0.150 e. The minimum absolute atomic E-state index is 0.481. The molecular formula is C15H20N2O2. The zero-order valence-electron chi connectivity index (χ0n) is 11.7. The maximum atomic E-state index is 10.8. The first-order chi connectivity index (χ1) is 9.12. The molecular weight excluding hydrogens is 240 g/mol. The molecule has 1 aromatic rings. The molecule has 0 saturated carbocycles. The summed E-state index contributed by atoms with van der Waals surface area (Å²) in [6, 6.07) is 7.36. The van der Waals surface area contributed by atoms with Gasteiger partial charge in [-0.15, -0.1) is 0 Å². The van der Waals surface area contributed by atoms with Crippen LogP contribution in [0.15, 0.2) is 18.2 Å². The van der Waals surface area contributed by atoms with Gasteiger partial charge in [-0.25, -0.2) is 0 Å². The summed E-state index contributed by atoms with van der Waals surface area (Å²) in [7, 11) is 1.66. The molecule has 0 saturated heterocycles. The predicted octanol–water partition coefficient (Wildman–Crippen LogP) is 2.48. The summed E-state index contributed by atoms with van der Waals surface area (Å²) in [4.78, 5) is 12.9. The Hall–Kier alpha value is -1.86. The van der Waals surface area contributed by atoms with Crippen molar-refractivity contribution in [3.05, 3.63) is 29.3 Å². The zero-order chi connectivity index (χ0) is 14.3. The number of nitrogens with zero attached hydrogens (tertiary/aromatic N) is 2. The highest BCUT2D eigenvalue weighted by molar-refractivity contribution is 5.78. The van der Waals surface area contributed by atoms with Gasteiger partial charge in [0.2, 0.25) is 0 Å². The van der Waals surface area contributed by atoms with Crippen LogP contribution in [-0.2, 0) is 4.74 Å². The average molecular weight is 260 g/mol. The summed E-state index contributed by atoms with van der Waals surface area (Å²) >= 11 is 0. The van der Waals surface area contributed by atoms with E-state index in [2.05, 4.69) is 24.8 Å². The second-order valence-electron chi connectivity index (χ2n) is 4.84. The first kappa shape index (κ1) is 15.2. The van der Waals surface area contributed by atoms with Crippen LogP contribution in [-0.4, -0.2) is 33.1 Å². The van der Waals surface area contributed by atoms with Crippen molar-refractivity contribution in [2.24, 2.45) is 5.92 Å². The zero-order valence-corrected chi connectivity index (χ0v) is 11.7. The molecule has 1 aromatic carbocycles. The number of nitriles is 1. The van der Waals surface area contributed by atoms with Crippen LogP contribution in [0.3, 0.4) is 0 Å². The van der Waals surface area contributed by atoms with E-state index in [0.717, 1.165) is 25.1 Å². The Morgan fingerprint density at radius 3 is 2.74 bits per heavy atom. The fourth-order valence-electron chi connectivity index (χ4n) is 1.94. The number of hydrogen-bond acceptors (Lipinski definition) is 4. The van der Waals surface area contributed by atoms with E-state index in [4.69, 9.17) is 4.74 Å². The molecule has 0 amide bonds. The minimum Gasteiger partial charge on any atom is -0.383 e. The van der Waals surface area contributed by atoms with E-state index < -0.39 is 0 Å². The fourth-order valence-corrected chi connectivity index (χ4v) is 1.94. The summed E-state index contributed by atoms with van der Waals surface area (Å²) in [5, 5.41) is 9.22. The van der Waals surface area contributed by atoms with Gasteiger partial charge in [-0.1, -0.05) is 13.8 Å². The molecule has 0 aliphatic heterocycles. The number of methoxy groups -OCH3 is 1. The molecule has 4 heteroatoms. The van der Waals surface area contributed by atoms with E-state index >= 15 is 0 Å². The van der Waals surface area contributed by atoms with Crippen molar-refractivity contribution < 1.29 is 9.53 Å². The van der Waals surface area contributed by atoms with E-state index in [0.29, 0.717) is 23.7 Å². The summed E-state index contributed by atoms with van der Waals surface area (Å²) in [5.41, 5.74) is 1.91. The van der Waals surface area contributed by atoms with E-state index in [1.807, 2.05) is 6.07 Å². The number of aldehydes is 1. The number of anilines is 1. The van der Waals surface area contributed by atoms with Crippen LogP contribution in [0, 0.1) is 17.2 Å². The Balaban J connectivity index is 3.06. The normalized spacial score (nSPS) is 10.3. The summed E-state index contributed by atoms with van der Waals surface area (Å²) in [6.07, 6.45) is 0.757. The quantitative estimate of drug-likeness (QED) is 0.707. The first-order valence-corrected chi connectivity index (χ1v) is 6.35. The Kier molecular flexibility index (Phi) is 6.04. The summed E-state index contributed by atoms with van der Waals surface area (Å²) < 4.78 is 5.11. The van der Waals surface area contributed by atoms with Gasteiger partial charge in [-0.05, 0) is 24.1 Å². The molecule has 102 valence electrons. The Morgan fingerprint density at radius 2 is 2.21 bits per heavy atom. The molecule has 0 unspecified atom stereocenters. The summed E-state index contributed by atoms with van der Waals surface area (Å²) in [5.74, 6) is 0.481. The van der Waals surface area contributed by atoms with Crippen LogP contribution >= 0.6 is 0 Å². The van der Waals surface area contributed by atoms with Gasteiger partial charge in [0.25, 0.3) is 0 Å². The Labute approximate surface area is 114 Å². The molecule has 0 spiro atoms. The third-order valence-electron chi connectivity index (χ3n) is 2.77. The van der Waals surface area contributed by atoms with E-state index in [1.54, 1.807) is 19.2 Å². The van der Waals surface area contributed by atoms with Gasteiger partial charge in [0, 0.05) is 25.8 Å². The van der Waals surface area contributed by atoms with E-state index in [1.165, 1.54) is 0 Å². The minimum atomic E-state index is 0.481. The van der Waals surface area contributed by atoms with Crippen LogP contribution in [0.1, 0.15) is 29.8 Å². The lowest BCUT2D eigenvalue weighted by atomic mass is 10.1. The predicted molar refractivity (Wildman–Crippen MR) is 75.5 cm³/mol. The van der Waals surface area contributed by atoms with Crippen molar-refractivity contribution in [1.29, 1.82) is 5.26 Å². The molecule has 0 N–H and O–H groups in total. The lowest BCUT2D eigenvalue weighted by Gasteiger charge is -2.27. The van der Waals surface area contributed by atoms with Crippen molar-refractivity contribution in [3.63, 3.8) is 0 Å². The van der Waals surface area contributed by atoms with Gasteiger partial charge in [0.05, 0.1) is 17.9 Å². The van der Waals surface area contributed by atoms with Crippen LogP contribution in [0.5, 0.6) is 0 Å². The lowest BCUT2D eigenvalue weighted by Crippen LogP contribution is -2.31. The molecule has 0 bridgehead atoms. The monoisotopic (exact) mass is 260 g/mol. The van der Waals surface area contributed by atoms with Crippen molar-refractivity contribution >= 4 is 12.0 Å².